The van der Waals surface area contributed by atoms with Crippen molar-refractivity contribution in [2.45, 2.75) is 24.0 Å². The molecular formula is C30H20Cl2O4. The van der Waals surface area contributed by atoms with Crippen LogP contribution in [0.3, 0.4) is 0 Å². The van der Waals surface area contributed by atoms with E-state index in [2.05, 4.69) is 0 Å². The zero-order chi connectivity index (χ0) is 24.8. The Morgan fingerprint density at radius 1 is 0.528 bits per heavy atom. The van der Waals surface area contributed by atoms with Gasteiger partial charge in [0.25, 0.3) is 0 Å². The minimum atomic E-state index is -0.755. The van der Waals surface area contributed by atoms with Crippen LogP contribution in [0.5, 0.6) is 0 Å². The van der Waals surface area contributed by atoms with Crippen molar-refractivity contribution in [3.05, 3.63) is 140 Å². The van der Waals surface area contributed by atoms with E-state index in [1.54, 1.807) is 48.5 Å². The molecule has 178 valence electrons. The maximum absolute atomic E-state index is 13.2. The van der Waals surface area contributed by atoms with Gasteiger partial charge in [-0.05, 0) is 70.8 Å². The van der Waals surface area contributed by atoms with E-state index < -0.39 is 24.1 Å². The molecule has 4 nitrogen and oxygen atoms in total. The molecule has 0 fully saturated rings. The molecule has 0 aromatic heterocycles. The third-order valence-electron chi connectivity index (χ3n) is 6.92. The predicted octanol–water partition coefficient (Wildman–Crippen LogP) is 7.04. The lowest BCUT2D eigenvalue weighted by molar-refractivity contribution is -0.0557. The van der Waals surface area contributed by atoms with Crippen molar-refractivity contribution in [1.29, 1.82) is 0 Å². The summed E-state index contributed by atoms with van der Waals surface area (Å²) in [6.07, 6.45) is -1.51. The van der Waals surface area contributed by atoms with E-state index in [0.29, 0.717) is 21.2 Å². The molecule has 0 saturated heterocycles. The molecule has 0 amide bonds. The molecule has 6 heteroatoms. The maximum atomic E-state index is 13.2. The molecule has 4 aromatic rings. The van der Waals surface area contributed by atoms with Gasteiger partial charge in [0.15, 0.2) is 12.2 Å². The second-order valence-electron chi connectivity index (χ2n) is 8.97. The van der Waals surface area contributed by atoms with Gasteiger partial charge in [0.2, 0.25) is 0 Å². The number of esters is 2. The van der Waals surface area contributed by atoms with Crippen molar-refractivity contribution >= 4 is 35.1 Å². The van der Waals surface area contributed by atoms with Crippen molar-refractivity contribution in [3.8, 4) is 0 Å². The molecule has 7 rings (SSSR count). The Morgan fingerprint density at radius 3 is 1.31 bits per heavy atom. The van der Waals surface area contributed by atoms with Crippen LogP contribution < -0.4 is 0 Å². The highest BCUT2D eigenvalue weighted by Crippen LogP contribution is 2.55. The molecule has 0 N–H and O–H groups in total. The Kier molecular flexibility index (Phi) is 5.79. The topological polar surface area (TPSA) is 52.6 Å². The lowest BCUT2D eigenvalue weighted by Gasteiger charge is -2.49. The molecule has 2 unspecified atom stereocenters. The van der Waals surface area contributed by atoms with Crippen LogP contribution in [0.4, 0.5) is 0 Å². The van der Waals surface area contributed by atoms with E-state index in [1.165, 1.54) is 0 Å². The summed E-state index contributed by atoms with van der Waals surface area (Å²) in [7, 11) is 0. The Labute approximate surface area is 218 Å². The molecule has 4 atom stereocenters. The molecule has 4 aromatic carbocycles. The molecule has 0 heterocycles. The first-order chi connectivity index (χ1) is 17.5. The van der Waals surface area contributed by atoms with Crippen LogP contribution in [0.1, 0.15) is 54.8 Å². The fourth-order valence-electron chi connectivity index (χ4n) is 5.42. The third kappa shape index (κ3) is 3.87. The van der Waals surface area contributed by atoms with E-state index in [0.717, 1.165) is 22.3 Å². The van der Waals surface area contributed by atoms with E-state index in [1.807, 2.05) is 48.5 Å². The van der Waals surface area contributed by atoms with Gasteiger partial charge in [-0.25, -0.2) is 9.59 Å². The highest BCUT2D eigenvalue weighted by molar-refractivity contribution is 6.31. The van der Waals surface area contributed by atoms with Crippen LogP contribution in [-0.2, 0) is 9.47 Å². The van der Waals surface area contributed by atoms with Crippen LogP contribution in [-0.4, -0.2) is 24.1 Å². The quantitative estimate of drug-likeness (QED) is 0.274. The van der Waals surface area contributed by atoms with Crippen molar-refractivity contribution in [2.75, 3.05) is 0 Å². The van der Waals surface area contributed by atoms with Crippen LogP contribution in [0.25, 0.3) is 0 Å². The molecule has 0 aliphatic heterocycles. The van der Waals surface area contributed by atoms with Crippen molar-refractivity contribution in [1.82, 2.24) is 0 Å². The summed E-state index contributed by atoms with van der Waals surface area (Å²) in [5.74, 6) is -1.71. The Balaban J connectivity index is 1.49. The number of ether oxygens (including phenoxy) is 2. The highest BCUT2D eigenvalue weighted by Gasteiger charge is 2.54. The lowest BCUT2D eigenvalue weighted by atomic mass is 9.61. The van der Waals surface area contributed by atoms with Gasteiger partial charge < -0.3 is 9.47 Å². The second kappa shape index (κ2) is 9.12. The molecule has 0 radical (unpaired) electrons. The summed E-state index contributed by atoms with van der Waals surface area (Å²) in [5, 5.41) is 1.17. The largest absolute Gasteiger partial charge is 0.454 e. The molecule has 3 aliphatic carbocycles. The van der Waals surface area contributed by atoms with Crippen molar-refractivity contribution < 1.29 is 19.1 Å². The van der Waals surface area contributed by atoms with Crippen LogP contribution in [0.2, 0.25) is 10.0 Å². The standard InChI is InChI=1S/C30H20Cl2O4/c31-19-12-14-22-23(15-19)25-21-13-11-20(32)16-24(21)26(22)28(36-30(34)18-9-5-2-6-10-18)27(25)35-29(33)17-7-3-1-4-8-17/h1-16,25-28H/t25-,26+,27?,28?. The summed E-state index contributed by atoms with van der Waals surface area (Å²) in [4.78, 5) is 26.5. The van der Waals surface area contributed by atoms with Crippen LogP contribution in [0.15, 0.2) is 97.1 Å². The lowest BCUT2D eigenvalue weighted by Crippen LogP contribution is -2.51. The Bertz CT molecular complexity index is 1360. The minimum absolute atomic E-state index is 0.378. The molecule has 2 bridgehead atoms. The van der Waals surface area contributed by atoms with Gasteiger partial charge in [-0.2, -0.15) is 0 Å². The number of hydrogen-bond acceptors (Lipinski definition) is 4. The molecule has 3 aliphatic rings. The van der Waals surface area contributed by atoms with Crippen molar-refractivity contribution in [3.63, 3.8) is 0 Å². The maximum Gasteiger partial charge on any atom is 0.338 e. The van der Waals surface area contributed by atoms with E-state index in [9.17, 15) is 9.59 Å². The zero-order valence-electron chi connectivity index (χ0n) is 18.9. The molecular weight excluding hydrogens is 495 g/mol. The summed E-state index contributed by atoms with van der Waals surface area (Å²) in [5.41, 5.74) is 4.74. The first kappa shape index (κ1) is 22.8. The number of fused-ring (bicyclic) bond motifs is 1. The fraction of sp³-hybridized carbons (Fsp3) is 0.133. The molecule has 0 saturated carbocycles. The summed E-state index contributed by atoms with van der Waals surface area (Å²) in [6, 6.07) is 29.0. The minimum Gasteiger partial charge on any atom is -0.454 e. The predicted molar refractivity (Wildman–Crippen MR) is 138 cm³/mol. The first-order valence-corrected chi connectivity index (χ1v) is 12.4. The van der Waals surface area contributed by atoms with E-state index in [4.69, 9.17) is 32.7 Å². The van der Waals surface area contributed by atoms with Crippen LogP contribution in [0, 0.1) is 0 Å². The number of rotatable bonds is 4. The van der Waals surface area contributed by atoms with Gasteiger partial charge in [-0.1, -0.05) is 71.7 Å². The SMILES string of the molecule is O=C(OC1C(OC(=O)c2ccccc2)[C@H]2c3ccc(Cl)cc3[C@H]1c1ccc(Cl)cc12)c1ccccc1. The van der Waals surface area contributed by atoms with E-state index >= 15 is 0 Å². The Hall–Kier alpha value is -3.60. The Morgan fingerprint density at radius 2 is 0.917 bits per heavy atom. The normalized spacial score (nSPS) is 21.3. The summed E-state index contributed by atoms with van der Waals surface area (Å²) in [6.45, 7) is 0. The smallest absolute Gasteiger partial charge is 0.338 e. The monoisotopic (exact) mass is 514 g/mol. The number of halogens is 2. The van der Waals surface area contributed by atoms with Crippen LogP contribution >= 0.6 is 23.2 Å². The van der Waals surface area contributed by atoms with Gasteiger partial charge in [0.05, 0.1) is 23.0 Å². The van der Waals surface area contributed by atoms with Crippen molar-refractivity contribution in [2.24, 2.45) is 0 Å². The average Bonchev–Trinajstić information content (AvgIpc) is 2.90. The zero-order valence-corrected chi connectivity index (χ0v) is 20.4. The summed E-state index contributed by atoms with van der Waals surface area (Å²) < 4.78 is 12.3. The highest BCUT2D eigenvalue weighted by atomic mass is 35.5. The number of benzene rings is 4. The summed E-state index contributed by atoms with van der Waals surface area (Å²) >= 11 is 12.8. The molecule has 36 heavy (non-hydrogen) atoms. The van der Waals surface area contributed by atoms with Gasteiger partial charge in [-0.3, -0.25) is 0 Å². The fourth-order valence-corrected chi connectivity index (χ4v) is 5.78. The average molecular weight is 515 g/mol. The number of hydrogen-bond donors (Lipinski definition) is 0. The number of carbonyl (C=O) groups is 2. The first-order valence-electron chi connectivity index (χ1n) is 11.6. The van der Waals surface area contributed by atoms with Gasteiger partial charge in [0.1, 0.15) is 0 Å². The third-order valence-corrected chi connectivity index (χ3v) is 7.39. The number of carbonyl (C=O) groups excluding carboxylic acids is 2. The van der Waals surface area contributed by atoms with Gasteiger partial charge in [0, 0.05) is 10.0 Å². The van der Waals surface area contributed by atoms with Gasteiger partial charge >= 0.3 is 11.9 Å². The van der Waals surface area contributed by atoms with E-state index in [-0.39, 0.29) is 11.8 Å². The van der Waals surface area contributed by atoms with Gasteiger partial charge in [-0.15, -0.1) is 0 Å². The second-order valence-corrected chi connectivity index (χ2v) is 9.85. The molecule has 0 spiro atoms.